The topological polar surface area (TPSA) is 61.5 Å². The number of anilines is 1. The number of rotatable bonds is 6. The summed E-state index contributed by atoms with van der Waals surface area (Å²) in [6, 6.07) is 12.1. The molecule has 0 aromatic heterocycles. The molecule has 0 bridgehead atoms. The molecule has 4 heteroatoms. The molecule has 0 amide bonds. The number of ketones is 1. The highest BCUT2D eigenvalue weighted by Crippen LogP contribution is 2.29. The molecule has 0 aliphatic heterocycles. The zero-order valence-electron chi connectivity index (χ0n) is 12.3. The minimum Gasteiger partial charge on any atom is -0.490 e. The van der Waals surface area contributed by atoms with Crippen molar-refractivity contribution in [3.05, 3.63) is 53.6 Å². The van der Waals surface area contributed by atoms with Crippen LogP contribution in [0, 0.1) is 0 Å². The number of ether oxygens (including phenoxy) is 2. The summed E-state index contributed by atoms with van der Waals surface area (Å²) in [7, 11) is 0. The van der Waals surface area contributed by atoms with Crippen LogP contribution < -0.4 is 15.2 Å². The Balaban J connectivity index is 2.35. The molecule has 0 aliphatic carbocycles. The zero-order chi connectivity index (χ0) is 15.2. The largest absolute Gasteiger partial charge is 0.490 e. The molecular formula is C17H19NO3. The molecule has 2 aromatic rings. The van der Waals surface area contributed by atoms with E-state index in [1.807, 2.05) is 13.8 Å². The van der Waals surface area contributed by atoms with E-state index in [2.05, 4.69) is 0 Å². The standard InChI is InChI=1S/C17H19NO3/c1-3-20-15-9-8-13(11-16(15)21-4-2)17(19)12-6-5-7-14(18)10-12/h5-11H,3-4,18H2,1-2H3. The Morgan fingerprint density at radius 3 is 2.29 bits per heavy atom. The Morgan fingerprint density at radius 1 is 0.952 bits per heavy atom. The highest BCUT2D eigenvalue weighted by atomic mass is 16.5. The lowest BCUT2D eigenvalue weighted by Crippen LogP contribution is -2.04. The third kappa shape index (κ3) is 3.54. The van der Waals surface area contributed by atoms with Gasteiger partial charge >= 0.3 is 0 Å². The van der Waals surface area contributed by atoms with Crippen molar-refractivity contribution in [3.8, 4) is 11.5 Å². The van der Waals surface area contributed by atoms with Crippen LogP contribution in [0.5, 0.6) is 11.5 Å². The molecule has 0 aliphatic rings. The molecule has 0 saturated carbocycles. The molecule has 0 heterocycles. The molecule has 2 N–H and O–H groups in total. The van der Waals surface area contributed by atoms with Gasteiger partial charge in [0, 0.05) is 16.8 Å². The van der Waals surface area contributed by atoms with Gasteiger partial charge in [0.1, 0.15) is 0 Å². The first-order chi connectivity index (χ1) is 10.2. The number of benzene rings is 2. The van der Waals surface area contributed by atoms with Crippen LogP contribution in [0.3, 0.4) is 0 Å². The molecule has 0 radical (unpaired) electrons. The molecular weight excluding hydrogens is 266 g/mol. The third-order valence-electron chi connectivity index (χ3n) is 2.95. The number of carbonyl (C=O) groups excluding carboxylic acids is 1. The molecule has 2 aromatic carbocycles. The quantitative estimate of drug-likeness (QED) is 0.653. The van der Waals surface area contributed by atoms with Crippen molar-refractivity contribution < 1.29 is 14.3 Å². The molecule has 0 saturated heterocycles. The van der Waals surface area contributed by atoms with Gasteiger partial charge in [-0.05, 0) is 44.2 Å². The summed E-state index contributed by atoms with van der Waals surface area (Å²) < 4.78 is 11.0. The van der Waals surface area contributed by atoms with Crippen molar-refractivity contribution in [2.24, 2.45) is 0 Å². The van der Waals surface area contributed by atoms with E-state index in [0.717, 1.165) is 0 Å². The van der Waals surface area contributed by atoms with Crippen LogP contribution in [0.1, 0.15) is 29.8 Å². The Kier molecular flexibility index (Phi) is 4.82. The van der Waals surface area contributed by atoms with E-state index in [9.17, 15) is 4.79 Å². The van der Waals surface area contributed by atoms with Crippen LogP contribution in [0.4, 0.5) is 5.69 Å². The van der Waals surface area contributed by atoms with Gasteiger partial charge in [-0.3, -0.25) is 4.79 Å². The van der Waals surface area contributed by atoms with E-state index in [4.69, 9.17) is 15.2 Å². The van der Waals surface area contributed by atoms with E-state index >= 15 is 0 Å². The van der Waals surface area contributed by atoms with Gasteiger partial charge in [0.2, 0.25) is 0 Å². The van der Waals surface area contributed by atoms with Gasteiger partial charge in [0.25, 0.3) is 0 Å². The van der Waals surface area contributed by atoms with Gasteiger partial charge in [-0.1, -0.05) is 12.1 Å². The lowest BCUT2D eigenvalue weighted by atomic mass is 10.0. The van der Waals surface area contributed by atoms with Crippen LogP contribution in [0.2, 0.25) is 0 Å². The van der Waals surface area contributed by atoms with Crippen LogP contribution in [-0.2, 0) is 0 Å². The van der Waals surface area contributed by atoms with Gasteiger partial charge < -0.3 is 15.2 Å². The van der Waals surface area contributed by atoms with Crippen molar-refractivity contribution in [2.75, 3.05) is 18.9 Å². The fourth-order valence-electron chi connectivity index (χ4n) is 2.04. The fourth-order valence-corrected chi connectivity index (χ4v) is 2.04. The van der Waals surface area contributed by atoms with Crippen molar-refractivity contribution in [2.45, 2.75) is 13.8 Å². The van der Waals surface area contributed by atoms with Crippen LogP contribution >= 0.6 is 0 Å². The second-order valence-electron chi connectivity index (χ2n) is 4.48. The Labute approximate surface area is 124 Å². The summed E-state index contributed by atoms with van der Waals surface area (Å²) in [5.74, 6) is 1.13. The normalized spacial score (nSPS) is 10.2. The Morgan fingerprint density at radius 2 is 1.62 bits per heavy atom. The van der Waals surface area contributed by atoms with E-state index in [-0.39, 0.29) is 5.78 Å². The van der Waals surface area contributed by atoms with Crippen molar-refractivity contribution in [3.63, 3.8) is 0 Å². The second-order valence-corrected chi connectivity index (χ2v) is 4.48. The van der Waals surface area contributed by atoms with Gasteiger partial charge in [0.15, 0.2) is 17.3 Å². The van der Waals surface area contributed by atoms with E-state index in [1.165, 1.54) is 0 Å². The number of hydrogen-bond donors (Lipinski definition) is 1. The first-order valence-corrected chi connectivity index (χ1v) is 6.95. The van der Waals surface area contributed by atoms with E-state index < -0.39 is 0 Å². The SMILES string of the molecule is CCOc1ccc(C(=O)c2cccc(N)c2)cc1OCC. The number of carbonyl (C=O) groups is 1. The highest BCUT2D eigenvalue weighted by Gasteiger charge is 2.13. The van der Waals surface area contributed by atoms with Crippen molar-refractivity contribution in [1.82, 2.24) is 0 Å². The molecule has 2 rings (SSSR count). The van der Waals surface area contributed by atoms with Crippen molar-refractivity contribution in [1.29, 1.82) is 0 Å². The zero-order valence-corrected chi connectivity index (χ0v) is 12.3. The first kappa shape index (κ1) is 14.9. The average molecular weight is 285 g/mol. The summed E-state index contributed by atoms with van der Waals surface area (Å²) in [4.78, 5) is 12.5. The minimum absolute atomic E-state index is 0.0914. The predicted octanol–water partition coefficient (Wildman–Crippen LogP) is 3.30. The van der Waals surface area contributed by atoms with Gasteiger partial charge in [0.05, 0.1) is 13.2 Å². The summed E-state index contributed by atoms with van der Waals surface area (Å²) in [6.07, 6.45) is 0. The summed E-state index contributed by atoms with van der Waals surface area (Å²) >= 11 is 0. The predicted molar refractivity (Wildman–Crippen MR) is 83.1 cm³/mol. The lowest BCUT2D eigenvalue weighted by Gasteiger charge is -2.12. The molecule has 4 nitrogen and oxygen atoms in total. The lowest BCUT2D eigenvalue weighted by molar-refractivity contribution is 0.103. The van der Waals surface area contributed by atoms with Crippen molar-refractivity contribution >= 4 is 11.5 Å². The van der Waals surface area contributed by atoms with Crippen LogP contribution in [0.25, 0.3) is 0 Å². The summed E-state index contributed by atoms with van der Waals surface area (Å²) in [5, 5.41) is 0. The molecule has 0 fully saturated rings. The highest BCUT2D eigenvalue weighted by molar-refractivity contribution is 6.09. The van der Waals surface area contributed by atoms with Crippen LogP contribution in [-0.4, -0.2) is 19.0 Å². The smallest absolute Gasteiger partial charge is 0.193 e. The first-order valence-electron chi connectivity index (χ1n) is 6.95. The van der Waals surface area contributed by atoms with Crippen LogP contribution in [0.15, 0.2) is 42.5 Å². The van der Waals surface area contributed by atoms with Gasteiger partial charge in [-0.2, -0.15) is 0 Å². The third-order valence-corrected chi connectivity index (χ3v) is 2.95. The number of hydrogen-bond acceptors (Lipinski definition) is 4. The number of nitrogens with two attached hydrogens (primary N) is 1. The number of nitrogen functional groups attached to an aromatic ring is 1. The van der Waals surface area contributed by atoms with Gasteiger partial charge in [-0.15, -0.1) is 0 Å². The monoisotopic (exact) mass is 285 g/mol. The molecule has 0 spiro atoms. The summed E-state index contributed by atoms with van der Waals surface area (Å²) in [6.45, 7) is 4.85. The maximum Gasteiger partial charge on any atom is 0.193 e. The average Bonchev–Trinajstić information content (AvgIpc) is 2.49. The Bertz CT molecular complexity index is 638. The molecule has 0 unspecified atom stereocenters. The molecule has 21 heavy (non-hydrogen) atoms. The maximum atomic E-state index is 12.5. The summed E-state index contributed by atoms with van der Waals surface area (Å²) in [5.41, 5.74) is 7.39. The maximum absolute atomic E-state index is 12.5. The van der Waals surface area contributed by atoms with E-state index in [0.29, 0.717) is 41.5 Å². The fraction of sp³-hybridized carbons (Fsp3) is 0.235. The second kappa shape index (κ2) is 6.79. The minimum atomic E-state index is -0.0914. The molecule has 0 atom stereocenters. The Hall–Kier alpha value is -2.49. The van der Waals surface area contributed by atoms with Gasteiger partial charge in [-0.25, -0.2) is 0 Å². The molecule has 110 valence electrons. The van der Waals surface area contributed by atoms with E-state index in [1.54, 1.807) is 42.5 Å².